The molecule has 2 heterocycles. The van der Waals surface area contributed by atoms with E-state index < -0.39 is 5.97 Å². The van der Waals surface area contributed by atoms with Crippen molar-refractivity contribution in [1.82, 2.24) is 0 Å². The summed E-state index contributed by atoms with van der Waals surface area (Å²) in [6.45, 7) is 0.227. The molecule has 2 N–H and O–H groups in total. The number of esters is 1. The van der Waals surface area contributed by atoms with E-state index in [4.69, 9.17) is 15.2 Å². The number of nitrogens with two attached hydrogens (primary N) is 1. The van der Waals surface area contributed by atoms with Crippen LogP contribution in [0.1, 0.15) is 9.67 Å². The molecule has 1 aromatic carbocycles. The second-order valence-electron chi connectivity index (χ2n) is 3.95. The first-order valence-corrected chi connectivity index (χ1v) is 6.44. The molecule has 19 heavy (non-hydrogen) atoms. The minimum absolute atomic E-state index is 0.227. The molecule has 0 saturated carbocycles. The highest BCUT2D eigenvalue weighted by Crippen LogP contribution is 2.40. The van der Waals surface area contributed by atoms with E-state index in [9.17, 15) is 4.79 Å². The van der Waals surface area contributed by atoms with Gasteiger partial charge in [0.1, 0.15) is 4.88 Å². The van der Waals surface area contributed by atoms with Gasteiger partial charge in [0.05, 0.1) is 12.8 Å². The lowest BCUT2D eigenvalue weighted by Crippen LogP contribution is -2.02. The predicted octanol–water partition coefficient (Wildman–Crippen LogP) is 2.51. The summed E-state index contributed by atoms with van der Waals surface area (Å²) in [5, 5.41) is 1.83. The van der Waals surface area contributed by atoms with Gasteiger partial charge in [-0.1, -0.05) is 6.07 Å². The van der Waals surface area contributed by atoms with Crippen molar-refractivity contribution in [2.45, 2.75) is 0 Å². The largest absolute Gasteiger partial charge is 0.465 e. The average Bonchev–Trinajstić information content (AvgIpc) is 3.03. The molecule has 0 saturated heterocycles. The molecule has 0 spiro atoms. The van der Waals surface area contributed by atoms with Crippen LogP contribution in [0.2, 0.25) is 0 Å². The smallest absolute Gasteiger partial charge is 0.350 e. The highest BCUT2D eigenvalue weighted by molar-refractivity contribution is 7.13. The molecule has 0 atom stereocenters. The van der Waals surface area contributed by atoms with Crippen LogP contribution in [0.4, 0.5) is 5.69 Å². The molecule has 5 nitrogen and oxygen atoms in total. The van der Waals surface area contributed by atoms with E-state index in [-0.39, 0.29) is 6.79 Å². The van der Waals surface area contributed by atoms with Crippen LogP contribution in [0.3, 0.4) is 0 Å². The number of methoxy groups -OCH3 is 1. The van der Waals surface area contributed by atoms with Crippen LogP contribution in [0.15, 0.2) is 23.6 Å². The lowest BCUT2D eigenvalue weighted by Gasteiger charge is -2.03. The average molecular weight is 277 g/mol. The van der Waals surface area contributed by atoms with Gasteiger partial charge in [0, 0.05) is 10.9 Å². The maximum Gasteiger partial charge on any atom is 0.350 e. The molecule has 0 aliphatic carbocycles. The molecular formula is C13H11NO4S. The molecule has 2 aromatic rings. The summed E-state index contributed by atoms with van der Waals surface area (Å²) < 4.78 is 15.3. The summed E-state index contributed by atoms with van der Waals surface area (Å²) >= 11 is 1.27. The Hall–Kier alpha value is -2.21. The number of nitrogen functional groups attached to an aromatic ring is 1. The summed E-state index contributed by atoms with van der Waals surface area (Å²) in [7, 11) is 1.34. The third-order valence-electron chi connectivity index (χ3n) is 2.88. The van der Waals surface area contributed by atoms with Crippen LogP contribution in [0.5, 0.6) is 11.5 Å². The van der Waals surface area contributed by atoms with Crippen molar-refractivity contribution < 1.29 is 19.0 Å². The first-order valence-electron chi connectivity index (χ1n) is 5.56. The zero-order valence-electron chi connectivity index (χ0n) is 10.1. The van der Waals surface area contributed by atoms with E-state index in [0.29, 0.717) is 22.1 Å². The molecule has 1 aliphatic heterocycles. The number of carbonyl (C=O) groups is 1. The van der Waals surface area contributed by atoms with Gasteiger partial charge in [-0.3, -0.25) is 0 Å². The standard InChI is InChI=1S/C13H11NO4S/c1-16-13(15)12-11(14)8(5-19-12)7-2-3-9-10(4-7)18-6-17-9/h2-5H,6,14H2,1H3. The van der Waals surface area contributed by atoms with E-state index in [1.165, 1.54) is 18.4 Å². The van der Waals surface area contributed by atoms with Crippen LogP contribution in [0, 0.1) is 0 Å². The van der Waals surface area contributed by atoms with Crippen LogP contribution >= 0.6 is 11.3 Å². The minimum Gasteiger partial charge on any atom is -0.465 e. The van der Waals surface area contributed by atoms with Gasteiger partial charge >= 0.3 is 5.97 Å². The summed E-state index contributed by atoms with van der Waals surface area (Å²) in [6, 6.07) is 5.56. The van der Waals surface area contributed by atoms with Gasteiger partial charge in [0.15, 0.2) is 11.5 Å². The van der Waals surface area contributed by atoms with E-state index in [2.05, 4.69) is 4.74 Å². The van der Waals surface area contributed by atoms with Crippen molar-refractivity contribution in [2.24, 2.45) is 0 Å². The summed E-state index contributed by atoms with van der Waals surface area (Å²) in [5.41, 5.74) is 8.10. The Morgan fingerprint density at radius 2 is 2.16 bits per heavy atom. The van der Waals surface area contributed by atoms with Gasteiger partial charge < -0.3 is 19.9 Å². The number of fused-ring (bicyclic) bond motifs is 1. The number of hydrogen-bond donors (Lipinski definition) is 1. The van der Waals surface area contributed by atoms with Crippen LogP contribution < -0.4 is 15.2 Å². The fourth-order valence-corrected chi connectivity index (χ4v) is 2.82. The Kier molecular flexibility index (Phi) is 2.79. The SMILES string of the molecule is COC(=O)c1scc(-c2ccc3c(c2)OCO3)c1N. The molecule has 1 aromatic heterocycles. The van der Waals surface area contributed by atoms with Gasteiger partial charge in [-0.15, -0.1) is 11.3 Å². The van der Waals surface area contributed by atoms with Gasteiger partial charge in [-0.25, -0.2) is 4.79 Å². The fraction of sp³-hybridized carbons (Fsp3) is 0.154. The Morgan fingerprint density at radius 1 is 1.37 bits per heavy atom. The fourth-order valence-electron chi connectivity index (χ4n) is 1.91. The van der Waals surface area contributed by atoms with Gasteiger partial charge in [0.25, 0.3) is 0 Å². The van der Waals surface area contributed by atoms with Crippen molar-refractivity contribution in [2.75, 3.05) is 19.6 Å². The number of hydrogen-bond acceptors (Lipinski definition) is 6. The lowest BCUT2D eigenvalue weighted by molar-refractivity contribution is 0.0607. The van der Waals surface area contributed by atoms with Gasteiger partial charge in [0.2, 0.25) is 6.79 Å². The lowest BCUT2D eigenvalue weighted by atomic mass is 10.1. The topological polar surface area (TPSA) is 70.8 Å². The molecule has 0 radical (unpaired) electrons. The van der Waals surface area contributed by atoms with E-state index >= 15 is 0 Å². The Morgan fingerprint density at radius 3 is 2.95 bits per heavy atom. The number of rotatable bonds is 2. The molecular weight excluding hydrogens is 266 g/mol. The third-order valence-corrected chi connectivity index (χ3v) is 3.86. The minimum atomic E-state index is -0.422. The number of carbonyl (C=O) groups excluding carboxylic acids is 1. The van der Waals surface area contributed by atoms with Crippen LogP contribution in [-0.4, -0.2) is 19.9 Å². The third kappa shape index (κ3) is 1.90. The number of benzene rings is 1. The van der Waals surface area contributed by atoms with Crippen molar-refractivity contribution in [3.63, 3.8) is 0 Å². The van der Waals surface area contributed by atoms with Crippen LogP contribution in [0.25, 0.3) is 11.1 Å². The summed E-state index contributed by atoms with van der Waals surface area (Å²) in [4.78, 5) is 11.9. The molecule has 0 amide bonds. The number of ether oxygens (including phenoxy) is 3. The molecule has 0 fully saturated rings. The quantitative estimate of drug-likeness (QED) is 0.854. The zero-order valence-corrected chi connectivity index (χ0v) is 11.0. The van der Waals surface area contributed by atoms with E-state index in [1.807, 2.05) is 23.6 Å². The Balaban J connectivity index is 2.03. The highest BCUT2D eigenvalue weighted by atomic mass is 32.1. The van der Waals surface area contributed by atoms with E-state index in [0.717, 1.165) is 11.1 Å². The number of anilines is 1. The van der Waals surface area contributed by atoms with Crippen LogP contribution in [-0.2, 0) is 4.74 Å². The van der Waals surface area contributed by atoms with Gasteiger partial charge in [-0.05, 0) is 17.7 Å². The molecule has 6 heteroatoms. The molecule has 0 unspecified atom stereocenters. The van der Waals surface area contributed by atoms with E-state index in [1.54, 1.807) is 0 Å². The summed E-state index contributed by atoms with van der Waals surface area (Å²) in [6.07, 6.45) is 0. The molecule has 0 bridgehead atoms. The normalized spacial score (nSPS) is 12.5. The second-order valence-corrected chi connectivity index (χ2v) is 4.83. The first kappa shape index (κ1) is 11.9. The molecule has 98 valence electrons. The van der Waals surface area contributed by atoms with Crippen molar-refractivity contribution in [3.8, 4) is 22.6 Å². The zero-order chi connectivity index (χ0) is 13.4. The van der Waals surface area contributed by atoms with Crippen molar-refractivity contribution >= 4 is 23.0 Å². The Bertz CT molecular complexity index is 650. The maximum absolute atomic E-state index is 11.5. The van der Waals surface area contributed by atoms with Crippen molar-refractivity contribution in [3.05, 3.63) is 28.5 Å². The van der Waals surface area contributed by atoms with Crippen molar-refractivity contribution in [1.29, 1.82) is 0 Å². The monoisotopic (exact) mass is 277 g/mol. The number of thiophene rings is 1. The molecule has 1 aliphatic rings. The maximum atomic E-state index is 11.5. The highest BCUT2D eigenvalue weighted by Gasteiger charge is 2.19. The van der Waals surface area contributed by atoms with Gasteiger partial charge in [-0.2, -0.15) is 0 Å². The first-order chi connectivity index (χ1) is 9.20. The summed E-state index contributed by atoms with van der Waals surface area (Å²) in [5.74, 6) is 0.975. The predicted molar refractivity (Wildman–Crippen MR) is 71.6 cm³/mol. The molecule has 3 rings (SSSR count). The second kappa shape index (κ2) is 4.47. The Labute approximate surface area is 113 Å².